The molecule has 0 aliphatic carbocycles. The van der Waals surface area contributed by atoms with Crippen LogP contribution in [0, 0.1) is 0 Å². The second kappa shape index (κ2) is 5.68. The molecule has 1 fully saturated rings. The minimum atomic E-state index is -0.0603. The SMILES string of the molecule is CC(C)N1CC[C@@H](c2ccnc3c(C(=O)N(C)C)cnn23)C1. The average Bonchev–Trinajstić information content (AvgIpc) is 3.13. The Kier molecular flexibility index (Phi) is 3.87. The van der Waals surface area contributed by atoms with E-state index in [0.717, 1.165) is 25.2 Å². The zero-order chi connectivity index (χ0) is 15.9. The maximum atomic E-state index is 12.2. The van der Waals surface area contributed by atoms with Crippen LogP contribution in [-0.4, -0.2) is 63.5 Å². The number of carbonyl (C=O) groups is 1. The molecular weight excluding hydrogens is 278 g/mol. The summed E-state index contributed by atoms with van der Waals surface area (Å²) in [5.74, 6) is 0.380. The summed E-state index contributed by atoms with van der Waals surface area (Å²) in [6.07, 6.45) is 4.54. The smallest absolute Gasteiger partial charge is 0.258 e. The molecule has 1 atom stereocenters. The van der Waals surface area contributed by atoms with Gasteiger partial charge in [-0.1, -0.05) is 0 Å². The van der Waals surface area contributed by atoms with Crippen molar-refractivity contribution in [1.82, 2.24) is 24.4 Å². The van der Waals surface area contributed by atoms with Crippen molar-refractivity contribution >= 4 is 11.6 Å². The van der Waals surface area contributed by atoms with Gasteiger partial charge in [0.05, 0.1) is 11.9 Å². The summed E-state index contributed by atoms with van der Waals surface area (Å²) in [4.78, 5) is 20.6. The van der Waals surface area contributed by atoms with Crippen molar-refractivity contribution in [3.63, 3.8) is 0 Å². The van der Waals surface area contributed by atoms with Gasteiger partial charge in [0, 0.05) is 38.8 Å². The molecule has 6 heteroatoms. The lowest BCUT2D eigenvalue weighted by atomic mass is 10.0. The topological polar surface area (TPSA) is 53.7 Å². The quantitative estimate of drug-likeness (QED) is 0.864. The highest BCUT2D eigenvalue weighted by Gasteiger charge is 2.28. The van der Waals surface area contributed by atoms with Crippen LogP contribution in [0.5, 0.6) is 0 Å². The van der Waals surface area contributed by atoms with E-state index in [9.17, 15) is 4.79 Å². The Balaban J connectivity index is 1.97. The first kappa shape index (κ1) is 15.0. The molecule has 1 aliphatic heterocycles. The van der Waals surface area contributed by atoms with Crippen LogP contribution in [-0.2, 0) is 0 Å². The van der Waals surface area contributed by atoms with Crippen molar-refractivity contribution in [3.8, 4) is 0 Å². The predicted molar refractivity (Wildman–Crippen MR) is 85.1 cm³/mol. The monoisotopic (exact) mass is 301 g/mol. The lowest BCUT2D eigenvalue weighted by Gasteiger charge is -2.20. The van der Waals surface area contributed by atoms with E-state index in [0.29, 0.717) is 23.2 Å². The molecule has 118 valence electrons. The molecule has 2 aromatic heterocycles. The molecule has 0 spiro atoms. The van der Waals surface area contributed by atoms with Crippen molar-refractivity contribution in [3.05, 3.63) is 29.7 Å². The Labute approximate surface area is 130 Å². The Morgan fingerprint density at radius 1 is 1.41 bits per heavy atom. The van der Waals surface area contributed by atoms with E-state index in [1.165, 1.54) is 0 Å². The molecule has 0 radical (unpaired) electrons. The first-order valence-electron chi connectivity index (χ1n) is 7.77. The highest BCUT2D eigenvalue weighted by atomic mass is 16.2. The van der Waals surface area contributed by atoms with Crippen LogP contribution in [0.25, 0.3) is 5.65 Å². The molecule has 0 saturated carbocycles. The first-order valence-corrected chi connectivity index (χ1v) is 7.77. The molecule has 0 N–H and O–H groups in total. The molecule has 0 bridgehead atoms. The lowest BCUT2D eigenvalue weighted by molar-refractivity contribution is 0.0829. The third-order valence-electron chi connectivity index (χ3n) is 4.44. The van der Waals surface area contributed by atoms with Crippen LogP contribution < -0.4 is 0 Å². The molecule has 0 unspecified atom stereocenters. The van der Waals surface area contributed by atoms with E-state index in [4.69, 9.17) is 0 Å². The zero-order valence-corrected chi connectivity index (χ0v) is 13.7. The molecule has 1 aliphatic rings. The van der Waals surface area contributed by atoms with Gasteiger partial charge in [0.1, 0.15) is 5.56 Å². The number of rotatable bonds is 3. The van der Waals surface area contributed by atoms with Crippen molar-refractivity contribution < 1.29 is 4.79 Å². The van der Waals surface area contributed by atoms with E-state index < -0.39 is 0 Å². The molecular formula is C16H23N5O. The Hall–Kier alpha value is -1.95. The zero-order valence-electron chi connectivity index (χ0n) is 13.7. The van der Waals surface area contributed by atoms with Gasteiger partial charge in [0.2, 0.25) is 0 Å². The largest absolute Gasteiger partial charge is 0.345 e. The van der Waals surface area contributed by atoms with Crippen LogP contribution in [0.3, 0.4) is 0 Å². The van der Waals surface area contributed by atoms with Crippen molar-refractivity contribution in [1.29, 1.82) is 0 Å². The molecule has 6 nitrogen and oxygen atoms in total. The molecule has 1 saturated heterocycles. The molecule has 1 amide bonds. The number of likely N-dealkylation sites (tertiary alicyclic amines) is 1. The molecule has 2 aromatic rings. The van der Waals surface area contributed by atoms with Gasteiger partial charge < -0.3 is 9.80 Å². The van der Waals surface area contributed by atoms with Gasteiger partial charge in [-0.25, -0.2) is 9.50 Å². The van der Waals surface area contributed by atoms with Crippen molar-refractivity contribution in [2.45, 2.75) is 32.2 Å². The first-order chi connectivity index (χ1) is 10.5. The number of nitrogens with zero attached hydrogens (tertiary/aromatic N) is 5. The highest BCUT2D eigenvalue weighted by molar-refractivity contribution is 5.99. The van der Waals surface area contributed by atoms with Crippen LogP contribution in [0.1, 0.15) is 42.2 Å². The summed E-state index contributed by atoms with van der Waals surface area (Å²) in [6.45, 7) is 6.60. The van der Waals surface area contributed by atoms with Crippen LogP contribution >= 0.6 is 0 Å². The molecule has 3 rings (SSSR count). The third kappa shape index (κ3) is 2.47. The van der Waals surface area contributed by atoms with Gasteiger partial charge in [0.15, 0.2) is 5.65 Å². The van der Waals surface area contributed by atoms with Gasteiger partial charge >= 0.3 is 0 Å². The van der Waals surface area contributed by atoms with E-state index in [2.05, 4.69) is 28.8 Å². The maximum absolute atomic E-state index is 12.2. The summed E-state index contributed by atoms with van der Waals surface area (Å²) in [5, 5.41) is 4.42. The van der Waals surface area contributed by atoms with E-state index >= 15 is 0 Å². The second-order valence-electron chi connectivity index (χ2n) is 6.44. The van der Waals surface area contributed by atoms with Crippen molar-refractivity contribution in [2.75, 3.05) is 27.2 Å². The van der Waals surface area contributed by atoms with Crippen LogP contribution in [0.4, 0.5) is 0 Å². The number of fused-ring (bicyclic) bond motifs is 1. The summed E-state index contributed by atoms with van der Waals surface area (Å²) in [7, 11) is 3.49. The molecule has 22 heavy (non-hydrogen) atoms. The highest BCUT2D eigenvalue weighted by Crippen LogP contribution is 2.28. The van der Waals surface area contributed by atoms with Gasteiger partial charge in [-0.05, 0) is 32.9 Å². The third-order valence-corrected chi connectivity index (χ3v) is 4.44. The second-order valence-corrected chi connectivity index (χ2v) is 6.44. The fourth-order valence-electron chi connectivity index (χ4n) is 3.11. The lowest BCUT2D eigenvalue weighted by Crippen LogP contribution is -2.28. The predicted octanol–water partition coefficient (Wildman–Crippen LogP) is 1.63. The molecule has 0 aromatic carbocycles. The Morgan fingerprint density at radius 3 is 2.82 bits per heavy atom. The molecule has 3 heterocycles. The Morgan fingerprint density at radius 2 is 2.18 bits per heavy atom. The van der Waals surface area contributed by atoms with E-state index in [1.807, 2.05) is 10.6 Å². The normalized spacial score (nSPS) is 19.2. The minimum Gasteiger partial charge on any atom is -0.345 e. The van der Waals surface area contributed by atoms with E-state index in [-0.39, 0.29) is 5.91 Å². The minimum absolute atomic E-state index is 0.0603. The fourth-order valence-corrected chi connectivity index (χ4v) is 3.11. The van der Waals surface area contributed by atoms with Crippen LogP contribution in [0.15, 0.2) is 18.5 Å². The number of amides is 1. The summed E-state index contributed by atoms with van der Waals surface area (Å²) in [5.41, 5.74) is 2.36. The standard InChI is InChI=1S/C16H23N5O/c1-11(2)20-8-6-12(10-20)14-5-7-17-15-13(9-18-21(14)15)16(22)19(3)4/h5,7,9,11-12H,6,8,10H2,1-4H3/t12-/m1/s1. The number of hydrogen-bond donors (Lipinski definition) is 0. The van der Waals surface area contributed by atoms with Gasteiger partial charge in [0.25, 0.3) is 5.91 Å². The average molecular weight is 301 g/mol. The number of carbonyl (C=O) groups excluding carboxylic acids is 1. The van der Waals surface area contributed by atoms with Gasteiger partial charge in [-0.3, -0.25) is 4.79 Å². The van der Waals surface area contributed by atoms with Crippen LogP contribution in [0.2, 0.25) is 0 Å². The summed E-state index contributed by atoms with van der Waals surface area (Å²) < 4.78 is 1.84. The fraction of sp³-hybridized carbons (Fsp3) is 0.562. The van der Waals surface area contributed by atoms with Crippen molar-refractivity contribution in [2.24, 2.45) is 0 Å². The number of hydrogen-bond acceptors (Lipinski definition) is 4. The van der Waals surface area contributed by atoms with Gasteiger partial charge in [-0.2, -0.15) is 5.10 Å². The number of aromatic nitrogens is 3. The maximum Gasteiger partial charge on any atom is 0.258 e. The summed E-state index contributed by atoms with van der Waals surface area (Å²) in [6, 6.07) is 2.59. The van der Waals surface area contributed by atoms with Gasteiger partial charge in [-0.15, -0.1) is 0 Å². The Bertz CT molecular complexity index is 691. The van der Waals surface area contributed by atoms with E-state index in [1.54, 1.807) is 31.4 Å². The summed E-state index contributed by atoms with van der Waals surface area (Å²) >= 11 is 0.